The van der Waals surface area contributed by atoms with Crippen LogP contribution in [-0.4, -0.2) is 11.0 Å². The second-order valence-corrected chi connectivity index (χ2v) is 5.29. The number of rotatable bonds is 3. The third kappa shape index (κ3) is 2.63. The largest absolute Gasteiger partial charge is 0.377 e. The molecule has 1 saturated carbocycles. The summed E-state index contributed by atoms with van der Waals surface area (Å²) in [5, 5.41) is 14.2. The van der Waals surface area contributed by atoms with Gasteiger partial charge >= 0.3 is 0 Å². The van der Waals surface area contributed by atoms with Gasteiger partial charge in [-0.05, 0) is 47.6 Å². The predicted molar refractivity (Wildman–Crippen MR) is 71.7 cm³/mol. The fourth-order valence-corrected chi connectivity index (χ4v) is 2.54. The Morgan fingerprint density at radius 1 is 1.38 bits per heavy atom. The Balaban J connectivity index is 2.21. The third-order valence-corrected chi connectivity index (χ3v) is 3.54. The lowest BCUT2D eigenvalue weighted by molar-refractivity contribution is -0.384. The highest BCUT2D eigenvalue weighted by Crippen LogP contribution is 2.30. The van der Waals surface area contributed by atoms with E-state index >= 15 is 0 Å². The smallest absolute Gasteiger partial charge is 0.293 e. The summed E-state index contributed by atoms with van der Waals surface area (Å²) in [5.41, 5.74) is 0.830. The van der Waals surface area contributed by atoms with E-state index in [9.17, 15) is 10.1 Å². The number of benzene rings is 1. The average molecular weight is 332 g/mol. The van der Waals surface area contributed by atoms with Crippen molar-refractivity contribution in [1.82, 2.24) is 0 Å². The van der Waals surface area contributed by atoms with Crippen molar-refractivity contribution in [1.29, 1.82) is 0 Å². The van der Waals surface area contributed by atoms with E-state index in [0.29, 0.717) is 11.7 Å². The molecule has 1 aliphatic carbocycles. The Morgan fingerprint density at radius 3 is 2.69 bits per heavy atom. The molecule has 0 heterocycles. The molecule has 0 atom stereocenters. The van der Waals surface area contributed by atoms with Crippen LogP contribution in [-0.2, 0) is 0 Å². The minimum Gasteiger partial charge on any atom is -0.377 e. The highest BCUT2D eigenvalue weighted by molar-refractivity contribution is 14.1. The van der Waals surface area contributed by atoms with E-state index in [1.807, 2.05) is 6.07 Å². The molecule has 5 heteroatoms. The minimum atomic E-state index is -0.320. The van der Waals surface area contributed by atoms with Crippen LogP contribution in [0.2, 0.25) is 0 Å². The van der Waals surface area contributed by atoms with Gasteiger partial charge in [0.15, 0.2) is 0 Å². The second-order valence-electron chi connectivity index (χ2n) is 4.04. The molecule has 0 spiro atoms. The standard InChI is InChI=1S/C11H13IN2O2/c12-8-5-6-10(11(7-8)14(15)16)13-9-3-1-2-4-9/h5-7,9,13H,1-4H2. The lowest BCUT2D eigenvalue weighted by Crippen LogP contribution is -2.15. The molecule has 16 heavy (non-hydrogen) atoms. The molecule has 0 amide bonds. The number of nitrogens with zero attached hydrogens (tertiary/aromatic N) is 1. The van der Waals surface area contributed by atoms with Crippen LogP contribution in [0, 0.1) is 13.7 Å². The van der Waals surface area contributed by atoms with E-state index in [4.69, 9.17) is 0 Å². The van der Waals surface area contributed by atoms with Crippen molar-refractivity contribution in [3.8, 4) is 0 Å². The molecule has 1 fully saturated rings. The number of nitro groups is 1. The molecule has 0 saturated heterocycles. The number of nitro benzene ring substituents is 1. The van der Waals surface area contributed by atoms with Gasteiger partial charge in [0, 0.05) is 15.7 Å². The van der Waals surface area contributed by atoms with Crippen LogP contribution in [0.5, 0.6) is 0 Å². The first-order chi connectivity index (χ1) is 7.66. The van der Waals surface area contributed by atoms with E-state index in [0.717, 1.165) is 16.4 Å². The number of hydrogen-bond acceptors (Lipinski definition) is 3. The SMILES string of the molecule is O=[N+]([O-])c1cc(I)ccc1NC1CCCC1. The fourth-order valence-electron chi connectivity index (χ4n) is 2.07. The van der Waals surface area contributed by atoms with Crippen molar-refractivity contribution < 1.29 is 4.92 Å². The summed E-state index contributed by atoms with van der Waals surface area (Å²) >= 11 is 2.09. The van der Waals surface area contributed by atoms with Crippen LogP contribution < -0.4 is 5.32 Å². The van der Waals surface area contributed by atoms with Gasteiger partial charge in [-0.15, -0.1) is 0 Å². The van der Waals surface area contributed by atoms with Gasteiger partial charge in [-0.2, -0.15) is 0 Å². The summed E-state index contributed by atoms with van der Waals surface area (Å²) in [6, 6.07) is 5.71. The molecule has 4 nitrogen and oxygen atoms in total. The van der Waals surface area contributed by atoms with E-state index in [1.165, 1.54) is 12.8 Å². The fraction of sp³-hybridized carbons (Fsp3) is 0.455. The number of nitrogens with one attached hydrogen (secondary N) is 1. The summed E-state index contributed by atoms with van der Waals surface area (Å²) in [5.74, 6) is 0. The molecule has 86 valence electrons. The van der Waals surface area contributed by atoms with Crippen molar-refractivity contribution in [2.75, 3.05) is 5.32 Å². The molecule has 1 aromatic carbocycles. The molecule has 1 aliphatic rings. The highest BCUT2D eigenvalue weighted by Gasteiger charge is 2.19. The molecular weight excluding hydrogens is 319 g/mol. The molecule has 0 aromatic heterocycles. The average Bonchev–Trinajstić information content (AvgIpc) is 2.73. The van der Waals surface area contributed by atoms with Crippen LogP contribution in [0.1, 0.15) is 25.7 Å². The molecule has 2 rings (SSSR count). The van der Waals surface area contributed by atoms with Crippen molar-refractivity contribution in [3.05, 3.63) is 31.9 Å². The van der Waals surface area contributed by atoms with Gasteiger partial charge in [0.25, 0.3) is 5.69 Å². The van der Waals surface area contributed by atoms with Gasteiger partial charge in [0.05, 0.1) is 4.92 Å². The maximum atomic E-state index is 10.9. The van der Waals surface area contributed by atoms with E-state index in [1.54, 1.807) is 12.1 Å². The van der Waals surface area contributed by atoms with Gasteiger partial charge < -0.3 is 5.32 Å². The van der Waals surface area contributed by atoms with Crippen molar-refractivity contribution in [3.63, 3.8) is 0 Å². The highest BCUT2D eigenvalue weighted by atomic mass is 127. The van der Waals surface area contributed by atoms with Crippen LogP contribution in [0.3, 0.4) is 0 Å². The number of anilines is 1. The first-order valence-corrected chi connectivity index (χ1v) is 6.45. The summed E-state index contributed by atoms with van der Waals surface area (Å²) in [6.45, 7) is 0. The molecule has 0 bridgehead atoms. The van der Waals surface area contributed by atoms with Gasteiger partial charge in [-0.25, -0.2) is 0 Å². The van der Waals surface area contributed by atoms with Crippen molar-refractivity contribution in [2.24, 2.45) is 0 Å². The molecule has 1 N–H and O–H groups in total. The lowest BCUT2D eigenvalue weighted by atomic mass is 10.2. The quantitative estimate of drug-likeness (QED) is 0.523. The predicted octanol–water partition coefficient (Wildman–Crippen LogP) is 3.55. The first-order valence-electron chi connectivity index (χ1n) is 5.37. The Hall–Kier alpha value is -0.850. The van der Waals surface area contributed by atoms with E-state index < -0.39 is 0 Å². The van der Waals surface area contributed by atoms with Crippen molar-refractivity contribution in [2.45, 2.75) is 31.7 Å². The number of halogens is 1. The van der Waals surface area contributed by atoms with Gasteiger partial charge in [0.1, 0.15) is 5.69 Å². The molecule has 1 aromatic rings. The summed E-state index contributed by atoms with van der Waals surface area (Å²) < 4.78 is 0.890. The normalized spacial score (nSPS) is 16.3. The molecule has 0 aliphatic heterocycles. The first kappa shape index (κ1) is 11.6. The zero-order chi connectivity index (χ0) is 11.5. The summed E-state index contributed by atoms with van der Waals surface area (Å²) in [6.07, 6.45) is 4.66. The Morgan fingerprint density at radius 2 is 2.06 bits per heavy atom. The van der Waals surface area contributed by atoms with Gasteiger partial charge in [-0.3, -0.25) is 10.1 Å². The Bertz CT molecular complexity index is 403. The summed E-state index contributed by atoms with van der Waals surface area (Å²) in [7, 11) is 0. The second kappa shape index (κ2) is 4.99. The Labute approximate surface area is 108 Å². The van der Waals surface area contributed by atoms with Gasteiger partial charge in [-0.1, -0.05) is 12.8 Å². The van der Waals surface area contributed by atoms with E-state index in [-0.39, 0.29) is 10.6 Å². The minimum absolute atomic E-state index is 0.179. The van der Waals surface area contributed by atoms with Crippen LogP contribution in [0.25, 0.3) is 0 Å². The maximum absolute atomic E-state index is 10.9. The van der Waals surface area contributed by atoms with Crippen LogP contribution in [0.4, 0.5) is 11.4 Å². The third-order valence-electron chi connectivity index (χ3n) is 2.87. The monoisotopic (exact) mass is 332 g/mol. The topological polar surface area (TPSA) is 55.2 Å². The van der Waals surface area contributed by atoms with Crippen molar-refractivity contribution >= 4 is 34.0 Å². The molecule has 0 radical (unpaired) electrons. The zero-order valence-electron chi connectivity index (χ0n) is 8.78. The number of hydrogen-bond donors (Lipinski definition) is 1. The van der Waals surface area contributed by atoms with Crippen LogP contribution in [0.15, 0.2) is 18.2 Å². The van der Waals surface area contributed by atoms with E-state index in [2.05, 4.69) is 27.9 Å². The van der Waals surface area contributed by atoms with Crippen LogP contribution >= 0.6 is 22.6 Å². The van der Waals surface area contributed by atoms with Gasteiger partial charge in [0.2, 0.25) is 0 Å². The summed E-state index contributed by atoms with van der Waals surface area (Å²) in [4.78, 5) is 10.6. The Kier molecular flexibility index (Phi) is 3.63. The molecule has 0 unspecified atom stereocenters. The molecular formula is C11H13IN2O2. The maximum Gasteiger partial charge on any atom is 0.293 e. The zero-order valence-corrected chi connectivity index (χ0v) is 10.9. The lowest BCUT2D eigenvalue weighted by Gasteiger charge is -2.13.